The minimum absolute atomic E-state index is 0.124. The number of esters is 1. The van der Waals surface area contributed by atoms with Crippen LogP contribution in [-0.4, -0.2) is 56.0 Å². The van der Waals surface area contributed by atoms with Crippen molar-refractivity contribution in [3.8, 4) is 0 Å². The lowest BCUT2D eigenvalue weighted by atomic mass is 9.95. The maximum absolute atomic E-state index is 11.9. The molecule has 1 fully saturated rings. The Hall–Kier alpha value is -1.82. The quantitative estimate of drug-likeness (QED) is 0.785. The molecule has 21 heavy (non-hydrogen) atoms. The summed E-state index contributed by atoms with van der Waals surface area (Å²) in [5.74, 6) is 0.841. The molecule has 0 saturated carbocycles. The van der Waals surface area contributed by atoms with E-state index in [0.717, 1.165) is 31.7 Å². The van der Waals surface area contributed by atoms with Gasteiger partial charge >= 0.3 is 5.97 Å². The van der Waals surface area contributed by atoms with Crippen LogP contribution in [0.25, 0.3) is 0 Å². The fraction of sp³-hybridized carbons (Fsp3) is 0.600. The fourth-order valence-corrected chi connectivity index (χ4v) is 2.60. The molecule has 2 rings (SSSR count). The Labute approximate surface area is 124 Å². The second-order valence-electron chi connectivity index (χ2n) is 5.54. The number of amides is 1. The number of carbonyl (C=O) groups excluding carboxylic acids is 2. The highest BCUT2D eigenvalue weighted by Crippen LogP contribution is 2.21. The van der Waals surface area contributed by atoms with Crippen molar-refractivity contribution in [1.82, 2.24) is 9.80 Å². The monoisotopic (exact) mass is 294 g/mol. The number of carbonyl (C=O) groups is 2. The van der Waals surface area contributed by atoms with Gasteiger partial charge in [0.2, 0.25) is 11.7 Å². The van der Waals surface area contributed by atoms with E-state index in [0.29, 0.717) is 6.54 Å². The predicted molar refractivity (Wildman–Crippen MR) is 76.7 cm³/mol. The van der Waals surface area contributed by atoms with E-state index in [1.807, 2.05) is 0 Å². The molecule has 6 heteroatoms. The van der Waals surface area contributed by atoms with Gasteiger partial charge in [-0.15, -0.1) is 0 Å². The number of hydrogen-bond donors (Lipinski definition) is 0. The molecule has 1 aliphatic rings. The molecule has 1 aromatic heterocycles. The normalized spacial score (nSPS) is 16.7. The van der Waals surface area contributed by atoms with Crippen molar-refractivity contribution in [3.05, 3.63) is 23.7 Å². The average molecular weight is 294 g/mol. The smallest absolute Gasteiger partial charge is 0.373 e. The Kier molecular flexibility index (Phi) is 5.01. The molecule has 0 N–H and O–H groups in total. The Morgan fingerprint density at radius 3 is 2.57 bits per heavy atom. The topological polar surface area (TPSA) is 63.0 Å². The van der Waals surface area contributed by atoms with Crippen LogP contribution in [-0.2, 0) is 16.1 Å². The van der Waals surface area contributed by atoms with E-state index >= 15 is 0 Å². The highest BCUT2D eigenvalue weighted by Gasteiger charge is 2.26. The van der Waals surface area contributed by atoms with Crippen LogP contribution >= 0.6 is 0 Å². The Balaban J connectivity index is 1.85. The number of methoxy groups -OCH3 is 1. The van der Waals surface area contributed by atoms with Crippen molar-refractivity contribution in [2.24, 2.45) is 5.92 Å². The number of nitrogens with zero attached hydrogens (tertiary/aromatic N) is 2. The lowest BCUT2D eigenvalue weighted by molar-refractivity contribution is -0.134. The van der Waals surface area contributed by atoms with Gasteiger partial charge in [-0.25, -0.2) is 4.79 Å². The Bertz CT molecular complexity index is 502. The molecule has 0 bridgehead atoms. The first-order chi connectivity index (χ1) is 10.0. The van der Waals surface area contributed by atoms with Gasteiger partial charge in [-0.2, -0.15) is 0 Å². The first kappa shape index (κ1) is 15.6. The van der Waals surface area contributed by atoms with Crippen molar-refractivity contribution < 1.29 is 18.7 Å². The van der Waals surface area contributed by atoms with Gasteiger partial charge in [0, 0.05) is 20.0 Å². The summed E-state index contributed by atoms with van der Waals surface area (Å²) in [4.78, 5) is 27.1. The molecular weight excluding hydrogens is 272 g/mol. The van der Waals surface area contributed by atoms with Crippen molar-refractivity contribution in [2.75, 3.05) is 34.3 Å². The van der Waals surface area contributed by atoms with Crippen LogP contribution in [0.1, 0.15) is 29.2 Å². The molecular formula is C15H22N2O4. The zero-order chi connectivity index (χ0) is 15.4. The Morgan fingerprint density at radius 2 is 2.00 bits per heavy atom. The molecule has 116 valence electrons. The number of likely N-dealkylation sites (tertiary alicyclic amines) is 1. The van der Waals surface area contributed by atoms with Gasteiger partial charge in [-0.3, -0.25) is 9.69 Å². The largest absolute Gasteiger partial charge is 0.463 e. The number of piperidine rings is 1. The van der Waals surface area contributed by atoms with Crippen molar-refractivity contribution in [3.63, 3.8) is 0 Å². The molecule has 0 aromatic carbocycles. The molecule has 1 aromatic rings. The first-order valence-corrected chi connectivity index (χ1v) is 7.11. The van der Waals surface area contributed by atoms with E-state index in [1.165, 1.54) is 7.11 Å². The third-order valence-corrected chi connectivity index (χ3v) is 3.81. The maximum Gasteiger partial charge on any atom is 0.373 e. The highest BCUT2D eigenvalue weighted by atomic mass is 16.5. The van der Waals surface area contributed by atoms with Crippen LogP contribution in [0.4, 0.5) is 0 Å². The molecule has 0 radical (unpaired) electrons. The third kappa shape index (κ3) is 3.85. The standard InChI is InChI=1S/C15H22N2O4/c1-16(2)14(18)11-6-8-17(9-7-11)10-12-4-5-13(21-12)15(19)20-3/h4-5,11H,6-10H2,1-3H3. The summed E-state index contributed by atoms with van der Waals surface area (Å²) in [6.07, 6.45) is 1.73. The minimum Gasteiger partial charge on any atom is -0.463 e. The number of furan rings is 1. The van der Waals surface area contributed by atoms with E-state index in [-0.39, 0.29) is 17.6 Å². The number of rotatable bonds is 4. The minimum atomic E-state index is -0.462. The van der Waals surface area contributed by atoms with Crippen LogP contribution < -0.4 is 0 Å². The van der Waals surface area contributed by atoms with Crippen LogP contribution in [0.15, 0.2) is 16.5 Å². The highest BCUT2D eigenvalue weighted by molar-refractivity contribution is 5.86. The maximum atomic E-state index is 11.9. The van der Waals surface area contributed by atoms with Gasteiger partial charge in [0.15, 0.2) is 0 Å². The van der Waals surface area contributed by atoms with Crippen LogP contribution in [0, 0.1) is 5.92 Å². The SMILES string of the molecule is COC(=O)c1ccc(CN2CCC(C(=O)N(C)C)CC2)o1. The summed E-state index contributed by atoms with van der Waals surface area (Å²) in [5, 5.41) is 0. The lowest BCUT2D eigenvalue weighted by Crippen LogP contribution is -2.39. The third-order valence-electron chi connectivity index (χ3n) is 3.81. The van der Waals surface area contributed by atoms with E-state index in [4.69, 9.17) is 4.42 Å². The van der Waals surface area contributed by atoms with Gasteiger partial charge in [-0.05, 0) is 38.1 Å². The molecule has 0 aliphatic carbocycles. The zero-order valence-electron chi connectivity index (χ0n) is 12.8. The second kappa shape index (κ2) is 6.76. The van der Waals surface area contributed by atoms with Crippen LogP contribution in [0.3, 0.4) is 0 Å². The Morgan fingerprint density at radius 1 is 1.33 bits per heavy atom. The van der Waals surface area contributed by atoms with E-state index in [9.17, 15) is 9.59 Å². The summed E-state index contributed by atoms with van der Waals surface area (Å²) in [6, 6.07) is 3.42. The van der Waals surface area contributed by atoms with Gasteiger partial charge < -0.3 is 14.1 Å². The van der Waals surface area contributed by atoms with Crippen molar-refractivity contribution in [2.45, 2.75) is 19.4 Å². The summed E-state index contributed by atoms with van der Waals surface area (Å²) < 4.78 is 10.1. The molecule has 1 saturated heterocycles. The lowest BCUT2D eigenvalue weighted by Gasteiger charge is -2.31. The molecule has 2 heterocycles. The van der Waals surface area contributed by atoms with Crippen LogP contribution in [0.5, 0.6) is 0 Å². The zero-order valence-corrected chi connectivity index (χ0v) is 12.8. The van der Waals surface area contributed by atoms with Gasteiger partial charge in [-0.1, -0.05) is 0 Å². The van der Waals surface area contributed by atoms with Gasteiger partial charge in [0.05, 0.1) is 13.7 Å². The van der Waals surface area contributed by atoms with E-state index in [1.54, 1.807) is 31.1 Å². The van der Waals surface area contributed by atoms with Gasteiger partial charge in [0.25, 0.3) is 0 Å². The fourth-order valence-electron chi connectivity index (χ4n) is 2.60. The van der Waals surface area contributed by atoms with Crippen LogP contribution in [0.2, 0.25) is 0 Å². The summed E-state index contributed by atoms with van der Waals surface area (Å²) in [7, 11) is 4.93. The van der Waals surface area contributed by atoms with E-state index < -0.39 is 5.97 Å². The number of hydrogen-bond acceptors (Lipinski definition) is 5. The first-order valence-electron chi connectivity index (χ1n) is 7.11. The second-order valence-corrected chi connectivity index (χ2v) is 5.54. The molecule has 0 unspecified atom stereocenters. The number of ether oxygens (including phenoxy) is 1. The van der Waals surface area contributed by atoms with Crippen molar-refractivity contribution in [1.29, 1.82) is 0 Å². The molecule has 1 amide bonds. The summed E-state index contributed by atoms with van der Waals surface area (Å²) in [5.41, 5.74) is 0. The van der Waals surface area contributed by atoms with Crippen molar-refractivity contribution >= 4 is 11.9 Å². The van der Waals surface area contributed by atoms with E-state index in [2.05, 4.69) is 9.64 Å². The summed E-state index contributed by atoms with van der Waals surface area (Å²) in [6.45, 7) is 2.37. The predicted octanol–water partition coefficient (Wildman–Crippen LogP) is 1.37. The summed E-state index contributed by atoms with van der Waals surface area (Å²) >= 11 is 0. The average Bonchev–Trinajstić information content (AvgIpc) is 2.95. The molecule has 0 atom stereocenters. The molecule has 1 aliphatic heterocycles. The molecule has 6 nitrogen and oxygen atoms in total. The van der Waals surface area contributed by atoms with Gasteiger partial charge in [0.1, 0.15) is 5.76 Å². The molecule has 0 spiro atoms.